The van der Waals surface area contributed by atoms with Gasteiger partial charge in [-0.1, -0.05) is 18.2 Å². The van der Waals surface area contributed by atoms with Crippen molar-refractivity contribution in [3.05, 3.63) is 39.9 Å². The summed E-state index contributed by atoms with van der Waals surface area (Å²) in [6, 6.07) is 6.50. The van der Waals surface area contributed by atoms with Crippen LogP contribution in [0.1, 0.15) is 12.0 Å². The Morgan fingerprint density at radius 3 is 2.68 bits per heavy atom. The molecule has 0 saturated carbocycles. The van der Waals surface area contributed by atoms with Crippen molar-refractivity contribution in [3.63, 3.8) is 0 Å². The minimum Gasteiger partial charge on any atom is -0.298 e. The number of nitrogens with zero attached hydrogens (tertiary/aromatic N) is 2. The third-order valence-electron chi connectivity index (χ3n) is 3.44. The van der Waals surface area contributed by atoms with Gasteiger partial charge in [-0.3, -0.25) is 15.0 Å². The first-order valence-electron chi connectivity index (χ1n) is 6.02. The lowest BCUT2D eigenvalue weighted by Crippen LogP contribution is -2.32. The van der Waals surface area contributed by atoms with Crippen LogP contribution in [0.15, 0.2) is 24.3 Å². The lowest BCUT2D eigenvalue weighted by molar-refractivity contribution is -0.385. The first kappa shape index (κ1) is 14.0. The average molecular weight is 284 g/mol. The lowest BCUT2D eigenvalue weighted by Gasteiger charge is -2.22. The van der Waals surface area contributed by atoms with Crippen molar-refractivity contribution in [3.8, 4) is 0 Å². The molecule has 6 nitrogen and oxygen atoms in total. The average Bonchev–Trinajstić information content (AvgIpc) is 2.70. The van der Waals surface area contributed by atoms with E-state index in [9.17, 15) is 18.5 Å². The number of hydrogen-bond acceptors (Lipinski definition) is 5. The summed E-state index contributed by atoms with van der Waals surface area (Å²) in [6.45, 7) is 0.386. The van der Waals surface area contributed by atoms with E-state index in [1.165, 1.54) is 6.07 Å². The monoisotopic (exact) mass is 284 g/mol. The fraction of sp³-hybridized carbons (Fsp3) is 0.500. The number of para-hydroxylation sites is 1. The van der Waals surface area contributed by atoms with Crippen molar-refractivity contribution in [1.82, 2.24) is 4.90 Å². The van der Waals surface area contributed by atoms with Crippen LogP contribution in [-0.2, 0) is 16.4 Å². The summed E-state index contributed by atoms with van der Waals surface area (Å²) >= 11 is 0. The number of rotatable bonds is 4. The zero-order valence-corrected chi connectivity index (χ0v) is 11.5. The van der Waals surface area contributed by atoms with Gasteiger partial charge in [0.05, 0.1) is 16.4 Å². The quantitative estimate of drug-likeness (QED) is 0.613. The first-order valence-corrected chi connectivity index (χ1v) is 7.84. The van der Waals surface area contributed by atoms with Crippen LogP contribution in [0.25, 0.3) is 0 Å². The summed E-state index contributed by atoms with van der Waals surface area (Å²) < 4.78 is 22.9. The van der Waals surface area contributed by atoms with Crippen LogP contribution >= 0.6 is 0 Å². The van der Waals surface area contributed by atoms with E-state index in [0.29, 0.717) is 18.5 Å². The predicted octanol–water partition coefficient (Wildman–Crippen LogP) is 1.21. The lowest BCUT2D eigenvalue weighted by atomic mass is 10.1. The second-order valence-corrected chi connectivity index (χ2v) is 7.09. The fourth-order valence-corrected chi connectivity index (χ4v) is 4.15. The fourth-order valence-electron chi connectivity index (χ4n) is 2.34. The van der Waals surface area contributed by atoms with Gasteiger partial charge in [-0.15, -0.1) is 0 Å². The van der Waals surface area contributed by atoms with Crippen molar-refractivity contribution in [1.29, 1.82) is 0 Å². The molecule has 1 heterocycles. The van der Waals surface area contributed by atoms with Crippen molar-refractivity contribution in [2.24, 2.45) is 0 Å². The molecule has 0 amide bonds. The van der Waals surface area contributed by atoms with Crippen LogP contribution in [0.5, 0.6) is 0 Å². The summed E-state index contributed by atoms with van der Waals surface area (Å²) in [4.78, 5) is 12.4. The van der Waals surface area contributed by atoms with Gasteiger partial charge in [-0.05, 0) is 13.5 Å². The van der Waals surface area contributed by atoms with Gasteiger partial charge < -0.3 is 0 Å². The molecule has 0 radical (unpaired) electrons. The van der Waals surface area contributed by atoms with E-state index in [2.05, 4.69) is 0 Å². The highest BCUT2D eigenvalue weighted by Crippen LogP contribution is 2.23. The van der Waals surface area contributed by atoms with Crippen molar-refractivity contribution >= 4 is 15.5 Å². The van der Waals surface area contributed by atoms with Crippen molar-refractivity contribution < 1.29 is 13.3 Å². The highest BCUT2D eigenvalue weighted by atomic mass is 32.2. The highest BCUT2D eigenvalue weighted by molar-refractivity contribution is 7.91. The predicted molar refractivity (Wildman–Crippen MR) is 71.6 cm³/mol. The van der Waals surface area contributed by atoms with Crippen LogP contribution in [0, 0.1) is 10.1 Å². The minimum atomic E-state index is -2.93. The van der Waals surface area contributed by atoms with E-state index < -0.39 is 14.8 Å². The number of nitro groups is 1. The molecule has 0 aliphatic carbocycles. The van der Waals surface area contributed by atoms with Gasteiger partial charge in [-0.2, -0.15) is 0 Å². The third-order valence-corrected chi connectivity index (χ3v) is 5.19. The third kappa shape index (κ3) is 3.30. The Balaban J connectivity index is 2.12. The highest BCUT2D eigenvalue weighted by Gasteiger charge is 2.31. The molecule has 1 aromatic rings. The maximum absolute atomic E-state index is 11.4. The Morgan fingerprint density at radius 1 is 1.42 bits per heavy atom. The Labute approximate surface area is 112 Å². The molecule has 1 fully saturated rings. The van der Waals surface area contributed by atoms with Crippen molar-refractivity contribution in [2.45, 2.75) is 19.0 Å². The van der Waals surface area contributed by atoms with E-state index in [-0.39, 0.29) is 23.2 Å². The molecule has 0 aromatic heterocycles. The second kappa shape index (κ2) is 5.26. The summed E-state index contributed by atoms with van der Waals surface area (Å²) in [5, 5.41) is 10.9. The van der Waals surface area contributed by atoms with E-state index in [0.717, 1.165) is 0 Å². The molecule has 2 rings (SSSR count). The molecule has 1 atom stereocenters. The number of hydrogen-bond donors (Lipinski definition) is 0. The normalized spacial score (nSPS) is 21.7. The Hall–Kier alpha value is -1.47. The molecule has 1 aromatic carbocycles. The largest absolute Gasteiger partial charge is 0.298 e. The molecular weight excluding hydrogens is 268 g/mol. The van der Waals surface area contributed by atoms with Gasteiger partial charge >= 0.3 is 0 Å². The molecule has 0 spiro atoms. The minimum absolute atomic E-state index is 0.0511. The van der Waals surface area contributed by atoms with E-state index >= 15 is 0 Å². The maximum atomic E-state index is 11.4. The van der Waals surface area contributed by atoms with E-state index in [4.69, 9.17) is 0 Å². The molecule has 0 bridgehead atoms. The van der Waals surface area contributed by atoms with Crippen LogP contribution in [0.4, 0.5) is 5.69 Å². The van der Waals surface area contributed by atoms with Gasteiger partial charge in [-0.25, -0.2) is 8.42 Å². The molecule has 7 heteroatoms. The van der Waals surface area contributed by atoms with Gasteiger partial charge in [0.25, 0.3) is 5.69 Å². The SMILES string of the molecule is CN(Cc1ccccc1[N+](=O)[O-])C1CCS(=O)(=O)C1. The summed E-state index contributed by atoms with van der Waals surface area (Å²) in [5.74, 6) is 0.350. The van der Waals surface area contributed by atoms with Crippen LogP contribution in [0.2, 0.25) is 0 Å². The molecule has 1 aliphatic heterocycles. The molecule has 104 valence electrons. The Bertz CT molecular complexity index is 585. The number of sulfone groups is 1. The molecule has 1 aliphatic rings. The standard InChI is InChI=1S/C12H16N2O4S/c1-13(11-6-7-19(17,18)9-11)8-10-4-2-3-5-12(10)14(15)16/h2-5,11H,6-9H2,1H3. The Kier molecular flexibility index (Phi) is 3.86. The zero-order valence-electron chi connectivity index (χ0n) is 10.7. The molecular formula is C12H16N2O4S. The zero-order chi connectivity index (χ0) is 14.0. The van der Waals surface area contributed by atoms with Crippen LogP contribution < -0.4 is 0 Å². The van der Waals surface area contributed by atoms with Gasteiger partial charge in [0.2, 0.25) is 0 Å². The molecule has 1 unspecified atom stereocenters. The van der Waals surface area contributed by atoms with Crippen LogP contribution in [-0.4, -0.2) is 42.8 Å². The second-order valence-electron chi connectivity index (χ2n) is 4.86. The summed E-state index contributed by atoms with van der Waals surface area (Å²) in [6.07, 6.45) is 0.597. The topological polar surface area (TPSA) is 80.5 Å². The van der Waals surface area contributed by atoms with E-state index in [1.54, 1.807) is 18.2 Å². The van der Waals surface area contributed by atoms with E-state index in [1.807, 2.05) is 11.9 Å². The first-order chi connectivity index (χ1) is 8.89. The summed E-state index contributed by atoms with van der Waals surface area (Å²) in [5.41, 5.74) is 0.689. The number of nitro benzene ring substituents is 1. The molecule has 19 heavy (non-hydrogen) atoms. The maximum Gasteiger partial charge on any atom is 0.273 e. The van der Waals surface area contributed by atoms with Crippen molar-refractivity contribution in [2.75, 3.05) is 18.6 Å². The smallest absolute Gasteiger partial charge is 0.273 e. The van der Waals surface area contributed by atoms with Gasteiger partial charge in [0.15, 0.2) is 9.84 Å². The van der Waals surface area contributed by atoms with Gasteiger partial charge in [0.1, 0.15) is 0 Å². The molecule has 0 N–H and O–H groups in total. The molecule has 1 saturated heterocycles. The van der Waals surface area contributed by atoms with Gasteiger partial charge in [0, 0.05) is 24.2 Å². The number of benzene rings is 1. The Morgan fingerprint density at radius 2 is 2.11 bits per heavy atom. The van der Waals surface area contributed by atoms with Crippen LogP contribution in [0.3, 0.4) is 0 Å². The summed E-state index contributed by atoms with van der Waals surface area (Å²) in [7, 11) is -1.13.